The molecule has 1 aliphatic heterocycles. The fourth-order valence-corrected chi connectivity index (χ4v) is 3.85. The lowest BCUT2D eigenvalue weighted by molar-refractivity contribution is 0.0240. The van der Waals surface area contributed by atoms with Gasteiger partial charge in [-0.1, -0.05) is 12.1 Å². The molecule has 0 unspecified atom stereocenters. The van der Waals surface area contributed by atoms with Crippen molar-refractivity contribution in [2.75, 3.05) is 37.7 Å². The van der Waals surface area contributed by atoms with Crippen molar-refractivity contribution < 1.29 is 14.3 Å². The van der Waals surface area contributed by atoms with Gasteiger partial charge in [-0.25, -0.2) is 14.5 Å². The number of fused-ring (bicyclic) bond motifs is 1. The Morgan fingerprint density at radius 3 is 2.62 bits per heavy atom. The van der Waals surface area contributed by atoms with Gasteiger partial charge in [-0.3, -0.25) is 0 Å². The Morgan fingerprint density at radius 1 is 1.18 bits per heavy atom. The number of benzene rings is 1. The number of hydrogen-bond acceptors (Lipinski definition) is 8. The molecule has 10 nitrogen and oxygen atoms in total. The zero-order valence-corrected chi connectivity index (χ0v) is 20.0. The number of nitriles is 1. The van der Waals surface area contributed by atoms with Crippen LogP contribution in [0, 0.1) is 11.3 Å². The van der Waals surface area contributed by atoms with Crippen molar-refractivity contribution in [3.05, 3.63) is 41.9 Å². The molecule has 1 aromatic carbocycles. The van der Waals surface area contributed by atoms with Crippen LogP contribution >= 0.6 is 0 Å². The third-order valence-electron chi connectivity index (χ3n) is 5.35. The standard InChI is InChI=1S/C24H29N7O3/c1-5-33-18-8-6-7-17(13-18)16-31-22-19(15-26-31)21(27-20(14-25)28-22)29-9-11-30(12-10-29)23(32)34-24(2,3)4/h6-8,13,15H,5,9-12,16H2,1-4H3. The van der Waals surface area contributed by atoms with Crippen LogP contribution in [-0.2, 0) is 11.3 Å². The first kappa shape index (κ1) is 23.3. The van der Waals surface area contributed by atoms with Gasteiger partial charge in [-0.15, -0.1) is 0 Å². The van der Waals surface area contributed by atoms with Gasteiger partial charge in [-0.05, 0) is 45.4 Å². The first-order valence-corrected chi connectivity index (χ1v) is 11.4. The summed E-state index contributed by atoms with van der Waals surface area (Å²) in [4.78, 5) is 25.1. The maximum Gasteiger partial charge on any atom is 0.410 e. The molecule has 1 saturated heterocycles. The minimum atomic E-state index is -0.536. The lowest BCUT2D eigenvalue weighted by Crippen LogP contribution is -2.50. The highest BCUT2D eigenvalue weighted by Gasteiger charge is 2.28. The van der Waals surface area contributed by atoms with Gasteiger partial charge in [0, 0.05) is 26.2 Å². The normalized spacial score (nSPS) is 14.2. The summed E-state index contributed by atoms with van der Waals surface area (Å²) >= 11 is 0. The summed E-state index contributed by atoms with van der Waals surface area (Å²) in [5.41, 5.74) is 1.07. The van der Waals surface area contributed by atoms with Gasteiger partial charge in [0.1, 0.15) is 23.2 Å². The van der Waals surface area contributed by atoms with E-state index in [4.69, 9.17) is 9.47 Å². The van der Waals surface area contributed by atoms with Gasteiger partial charge in [0.05, 0.1) is 24.7 Å². The molecule has 0 saturated carbocycles. The molecule has 0 radical (unpaired) electrons. The first-order valence-electron chi connectivity index (χ1n) is 11.4. The van der Waals surface area contributed by atoms with Crippen molar-refractivity contribution in [2.45, 2.75) is 39.8 Å². The number of rotatable bonds is 5. The smallest absolute Gasteiger partial charge is 0.410 e. The average Bonchev–Trinajstić information content (AvgIpc) is 3.20. The maximum absolute atomic E-state index is 12.4. The second kappa shape index (κ2) is 9.55. The molecule has 0 atom stereocenters. The molecule has 1 aliphatic rings. The fraction of sp³-hybridized carbons (Fsp3) is 0.458. The topological polar surface area (TPSA) is 109 Å². The number of aromatic nitrogens is 4. The Balaban J connectivity index is 1.57. The third-order valence-corrected chi connectivity index (χ3v) is 5.35. The van der Waals surface area contributed by atoms with E-state index in [1.54, 1.807) is 15.8 Å². The van der Waals surface area contributed by atoms with Gasteiger partial charge >= 0.3 is 6.09 Å². The molecule has 0 bridgehead atoms. The van der Waals surface area contributed by atoms with E-state index < -0.39 is 5.60 Å². The van der Waals surface area contributed by atoms with E-state index in [0.29, 0.717) is 50.8 Å². The molecular weight excluding hydrogens is 434 g/mol. The highest BCUT2D eigenvalue weighted by atomic mass is 16.6. The monoisotopic (exact) mass is 463 g/mol. The van der Waals surface area contributed by atoms with Crippen molar-refractivity contribution in [1.29, 1.82) is 5.26 Å². The van der Waals surface area contributed by atoms with Crippen molar-refractivity contribution >= 4 is 22.9 Å². The molecule has 0 N–H and O–H groups in total. The minimum Gasteiger partial charge on any atom is -0.494 e. The van der Waals surface area contributed by atoms with Crippen molar-refractivity contribution in [2.24, 2.45) is 0 Å². The van der Waals surface area contributed by atoms with Gasteiger partial charge in [0.2, 0.25) is 5.82 Å². The summed E-state index contributed by atoms with van der Waals surface area (Å²) in [5, 5.41) is 14.8. The van der Waals surface area contributed by atoms with Crippen LogP contribution < -0.4 is 9.64 Å². The summed E-state index contributed by atoms with van der Waals surface area (Å²) in [5.74, 6) is 1.54. The first-order chi connectivity index (χ1) is 16.3. The van der Waals surface area contributed by atoms with E-state index in [-0.39, 0.29) is 11.9 Å². The van der Waals surface area contributed by atoms with E-state index in [2.05, 4.69) is 26.0 Å². The van der Waals surface area contributed by atoms with Crippen LogP contribution in [0.3, 0.4) is 0 Å². The number of carbonyl (C=O) groups excluding carboxylic acids is 1. The molecule has 2 aromatic heterocycles. The zero-order valence-electron chi connectivity index (χ0n) is 20.0. The van der Waals surface area contributed by atoms with Gasteiger partial charge in [0.25, 0.3) is 0 Å². The van der Waals surface area contributed by atoms with Crippen LogP contribution in [-0.4, -0.2) is 69.1 Å². The molecule has 4 rings (SSSR count). The predicted molar refractivity (Wildman–Crippen MR) is 127 cm³/mol. The molecular formula is C24H29N7O3. The highest BCUT2D eigenvalue weighted by molar-refractivity contribution is 5.87. The van der Waals surface area contributed by atoms with Gasteiger partial charge < -0.3 is 19.3 Å². The lowest BCUT2D eigenvalue weighted by Gasteiger charge is -2.36. The van der Waals surface area contributed by atoms with Crippen LogP contribution in [0.4, 0.5) is 10.6 Å². The predicted octanol–water partition coefficient (Wildman–Crippen LogP) is 3.20. The van der Waals surface area contributed by atoms with E-state index in [0.717, 1.165) is 16.7 Å². The largest absolute Gasteiger partial charge is 0.494 e. The minimum absolute atomic E-state index is 0.0851. The number of anilines is 1. The van der Waals surface area contributed by atoms with Crippen molar-refractivity contribution in [3.8, 4) is 11.8 Å². The molecule has 178 valence electrons. The molecule has 34 heavy (non-hydrogen) atoms. The fourth-order valence-electron chi connectivity index (χ4n) is 3.85. The second-order valence-corrected chi connectivity index (χ2v) is 9.06. The van der Waals surface area contributed by atoms with E-state index >= 15 is 0 Å². The number of piperazine rings is 1. The number of nitrogens with zero attached hydrogens (tertiary/aromatic N) is 7. The van der Waals surface area contributed by atoms with Crippen molar-refractivity contribution in [1.82, 2.24) is 24.6 Å². The number of amides is 1. The quantitative estimate of drug-likeness (QED) is 0.567. The van der Waals surface area contributed by atoms with Crippen LogP contribution in [0.25, 0.3) is 11.0 Å². The summed E-state index contributed by atoms with van der Waals surface area (Å²) in [6.45, 7) is 10.7. The molecule has 1 amide bonds. The van der Waals surface area contributed by atoms with E-state index in [9.17, 15) is 10.1 Å². The summed E-state index contributed by atoms with van der Waals surface area (Å²) in [7, 11) is 0. The van der Waals surface area contributed by atoms with Crippen LogP contribution in [0.5, 0.6) is 5.75 Å². The molecule has 3 heterocycles. The SMILES string of the molecule is CCOc1cccc(Cn2ncc3c(N4CCN(C(=O)OC(C)(C)C)CC4)nc(C#N)nc32)c1. The third kappa shape index (κ3) is 5.20. The van der Waals surface area contributed by atoms with E-state index in [1.165, 1.54) is 0 Å². The number of carbonyl (C=O) groups is 1. The van der Waals surface area contributed by atoms with Crippen LogP contribution in [0.2, 0.25) is 0 Å². The Hall–Kier alpha value is -3.87. The summed E-state index contributed by atoms with van der Waals surface area (Å²) in [6.07, 6.45) is 1.41. The maximum atomic E-state index is 12.4. The van der Waals surface area contributed by atoms with E-state index in [1.807, 2.05) is 52.0 Å². The molecule has 3 aromatic rings. The second-order valence-electron chi connectivity index (χ2n) is 9.06. The summed E-state index contributed by atoms with van der Waals surface area (Å²) < 4.78 is 12.9. The van der Waals surface area contributed by atoms with Gasteiger partial charge in [-0.2, -0.15) is 15.3 Å². The Morgan fingerprint density at radius 2 is 1.94 bits per heavy atom. The molecule has 0 aliphatic carbocycles. The number of hydrogen-bond donors (Lipinski definition) is 0. The van der Waals surface area contributed by atoms with Crippen LogP contribution in [0.15, 0.2) is 30.5 Å². The molecule has 0 spiro atoms. The Bertz CT molecular complexity index is 1220. The highest BCUT2D eigenvalue weighted by Crippen LogP contribution is 2.26. The molecule has 10 heteroatoms. The lowest BCUT2D eigenvalue weighted by atomic mass is 10.2. The number of ether oxygens (including phenoxy) is 2. The van der Waals surface area contributed by atoms with Crippen LogP contribution in [0.1, 0.15) is 39.1 Å². The van der Waals surface area contributed by atoms with Crippen molar-refractivity contribution in [3.63, 3.8) is 0 Å². The zero-order chi connectivity index (χ0) is 24.3. The summed E-state index contributed by atoms with van der Waals surface area (Å²) in [6, 6.07) is 9.89. The average molecular weight is 464 g/mol. The molecule has 1 fully saturated rings. The van der Waals surface area contributed by atoms with Gasteiger partial charge in [0.15, 0.2) is 5.65 Å². The Labute approximate surface area is 198 Å². The Kier molecular flexibility index (Phi) is 6.54.